The molecule has 6 nitrogen and oxygen atoms in total. The van der Waals surface area contributed by atoms with E-state index in [1.807, 2.05) is 35.2 Å². The van der Waals surface area contributed by atoms with Crippen LogP contribution in [-0.2, 0) is 9.59 Å². The van der Waals surface area contributed by atoms with Crippen molar-refractivity contribution >= 4 is 11.8 Å². The van der Waals surface area contributed by atoms with Gasteiger partial charge in [0.05, 0.1) is 0 Å². The number of carbonyl (C=O) groups excluding carboxylic acids is 2. The third kappa shape index (κ3) is 4.32. The van der Waals surface area contributed by atoms with Crippen molar-refractivity contribution < 1.29 is 14.3 Å². The van der Waals surface area contributed by atoms with Gasteiger partial charge in [0.15, 0.2) is 6.61 Å². The standard InChI is InChI=1S/C22H31N3O3/c26-20(16-28-19-4-2-1-3-5-19)24-12-6-18(7-13-24)21(27)25-14-9-22(10-15-25)8-11-23-17-22/h1-5,18,23H,6-17H2. The third-order valence-corrected chi connectivity index (χ3v) is 6.77. The van der Waals surface area contributed by atoms with Crippen LogP contribution in [-0.4, -0.2) is 67.5 Å². The predicted octanol–water partition coefficient (Wildman–Crippen LogP) is 1.91. The summed E-state index contributed by atoms with van der Waals surface area (Å²) >= 11 is 0. The molecule has 1 N–H and O–H groups in total. The van der Waals surface area contributed by atoms with Crippen molar-refractivity contribution in [2.45, 2.75) is 32.1 Å². The molecule has 0 radical (unpaired) electrons. The highest BCUT2D eigenvalue weighted by atomic mass is 16.5. The van der Waals surface area contributed by atoms with Crippen molar-refractivity contribution in [1.82, 2.24) is 15.1 Å². The molecule has 0 saturated carbocycles. The van der Waals surface area contributed by atoms with Gasteiger partial charge in [0, 0.05) is 38.6 Å². The Labute approximate surface area is 167 Å². The Bertz CT molecular complexity index is 670. The first kappa shape index (κ1) is 19.2. The van der Waals surface area contributed by atoms with Crippen LogP contribution in [0.2, 0.25) is 0 Å². The van der Waals surface area contributed by atoms with Crippen molar-refractivity contribution in [2.75, 3.05) is 45.9 Å². The van der Waals surface area contributed by atoms with Gasteiger partial charge in [-0.15, -0.1) is 0 Å². The number of rotatable bonds is 4. The average Bonchev–Trinajstić information content (AvgIpc) is 3.21. The number of nitrogens with one attached hydrogen (secondary N) is 1. The van der Waals surface area contributed by atoms with Crippen LogP contribution in [0.3, 0.4) is 0 Å². The smallest absolute Gasteiger partial charge is 0.260 e. The van der Waals surface area contributed by atoms with E-state index in [0.29, 0.717) is 30.2 Å². The normalized spacial score (nSPS) is 22.4. The molecule has 0 aliphatic carbocycles. The second kappa shape index (κ2) is 8.52. The fourth-order valence-electron chi connectivity index (χ4n) is 4.81. The van der Waals surface area contributed by atoms with Gasteiger partial charge in [-0.3, -0.25) is 9.59 Å². The van der Waals surface area contributed by atoms with Gasteiger partial charge in [-0.2, -0.15) is 0 Å². The molecule has 0 atom stereocenters. The molecule has 4 rings (SSSR count). The molecule has 6 heteroatoms. The molecule has 1 aromatic rings. The maximum Gasteiger partial charge on any atom is 0.260 e. The van der Waals surface area contributed by atoms with Crippen LogP contribution in [0.5, 0.6) is 5.75 Å². The molecule has 3 aliphatic rings. The Morgan fingerprint density at radius 1 is 1.00 bits per heavy atom. The first-order valence-electron chi connectivity index (χ1n) is 10.6. The second-order valence-electron chi connectivity index (χ2n) is 8.51. The van der Waals surface area contributed by atoms with E-state index < -0.39 is 0 Å². The van der Waals surface area contributed by atoms with Crippen LogP contribution in [0, 0.1) is 11.3 Å². The fourth-order valence-corrected chi connectivity index (χ4v) is 4.81. The number of benzene rings is 1. The Balaban J connectivity index is 1.20. The topological polar surface area (TPSA) is 61.9 Å². The first-order valence-corrected chi connectivity index (χ1v) is 10.6. The molecule has 152 valence electrons. The van der Waals surface area contributed by atoms with Gasteiger partial charge >= 0.3 is 0 Å². The van der Waals surface area contributed by atoms with Crippen molar-refractivity contribution in [3.63, 3.8) is 0 Å². The Kier molecular flexibility index (Phi) is 5.85. The van der Waals surface area contributed by atoms with Crippen molar-refractivity contribution in [1.29, 1.82) is 0 Å². The number of para-hydroxylation sites is 1. The zero-order valence-corrected chi connectivity index (χ0v) is 16.6. The van der Waals surface area contributed by atoms with E-state index in [-0.39, 0.29) is 18.4 Å². The summed E-state index contributed by atoms with van der Waals surface area (Å²) in [6.45, 7) is 5.37. The van der Waals surface area contributed by atoms with Gasteiger partial charge in [-0.05, 0) is 56.2 Å². The molecule has 0 bridgehead atoms. The van der Waals surface area contributed by atoms with E-state index in [1.54, 1.807) is 0 Å². The molecule has 1 aromatic carbocycles. The van der Waals surface area contributed by atoms with Gasteiger partial charge in [-0.1, -0.05) is 18.2 Å². The first-order chi connectivity index (χ1) is 13.7. The molecule has 3 saturated heterocycles. The quantitative estimate of drug-likeness (QED) is 0.860. The number of amides is 2. The lowest BCUT2D eigenvalue weighted by Crippen LogP contribution is -2.49. The molecule has 0 aromatic heterocycles. The largest absolute Gasteiger partial charge is 0.484 e. The van der Waals surface area contributed by atoms with Gasteiger partial charge < -0.3 is 19.9 Å². The van der Waals surface area contributed by atoms with Gasteiger partial charge in [0.2, 0.25) is 5.91 Å². The SMILES string of the molecule is O=C(COc1ccccc1)N1CCC(C(=O)N2CCC3(CCNC3)CC2)CC1. The maximum atomic E-state index is 12.9. The molecule has 1 spiro atoms. The van der Waals surface area contributed by atoms with E-state index in [9.17, 15) is 9.59 Å². The fraction of sp³-hybridized carbons (Fsp3) is 0.636. The lowest BCUT2D eigenvalue weighted by molar-refractivity contribution is -0.143. The van der Waals surface area contributed by atoms with Crippen LogP contribution < -0.4 is 10.1 Å². The molecule has 3 heterocycles. The highest BCUT2D eigenvalue weighted by Crippen LogP contribution is 2.37. The van der Waals surface area contributed by atoms with Crippen molar-refractivity contribution in [3.8, 4) is 5.75 Å². The van der Waals surface area contributed by atoms with Crippen LogP contribution in [0.4, 0.5) is 0 Å². The minimum Gasteiger partial charge on any atom is -0.484 e. The number of piperidine rings is 2. The summed E-state index contributed by atoms with van der Waals surface area (Å²) in [5.74, 6) is 1.08. The Morgan fingerprint density at radius 2 is 1.71 bits per heavy atom. The Morgan fingerprint density at radius 3 is 2.36 bits per heavy atom. The molecular formula is C22H31N3O3. The second-order valence-corrected chi connectivity index (χ2v) is 8.51. The zero-order valence-electron chi connectivity index (χ0n) is 16.6. The lowest BCUT2D eigenvalue weighted by atomic mass is 9.77. The Hall–Kier alpha value is -2.08. The molecule has 0 unspecified atom stereocenters. The summed E-state index contributed by atoms with van der Waals surface area (Å²) in [4.78, 5) is 29.2. The summed E-state index contributed by atoms with van der Waals surface area (Å²) in [5.41, 5.74) is 0.436. The van der Waals surface area contributed by atoms with Gasteiger partial charge in [-0.25, -0.2) is 0 Å². The monoisotopic (exact) mass is 385 g/mol. The van der Waals surface area contributed by atoms with E-state index in [2.05, 4.69) is 10.2 Å². The van der Waals surface area contributed by atoms with Crippen LogP contribution in [0.15, 0.2) is 30.3 Å². The predicted molar refractivity (Wildman–Crippen MR) is 107 cm³/mol. The molecule has 3 aliphatic heterocycles. The van der Waals surface area contributed by atoms with E-state index in [1.165, 1.54) is 6.42 Å². The minimum atomic E-state index is 0.00315. The summed E-state index contributed by atoms with van der Waals surface area (Å²) in [5, 5.41) is 3.48. The number of ether oxygens (including phenoxy) is 1. The van der Waals surface area contributed by atoms with Gasteiger partial charge in [0.25, 0.3) is 5.91 Å². The number of nitrogens with zero attached hydrogens (tertiary/aromatic N) is 2. The lowest BCUT2D eigenvalue weighted by Gasteiger charge is -2.41. The molecule has 28 heavy (non-hydrogen) atoms. The maximum absolute atomic E-state index is 12.9. The van der Waals surface area contributed by atoms with Gasteiger partial charge in [0.1, 0.15) is 5.75 Å². The third-order valence-electron chi connectivity index (χ3n) is 6.77. The number of likely N-dealkylation sites (tertiary alicyclic amines) is 2. The zero-order chi connectivity index (χ0) is 19.4. The van der Waals surface area contributed by atoms with Crippen LogP contribution >= 0.6 is 0 Å². The number of hydrogen-bond acceptors (Lipinski definition) is 4. The number of hydrogen-bond donors (Lipinski definition) is 1. The van der Waals surface area contributed by atoms with E-state index in [0.717, 1.165) is 51.9 Å². The van der Waals surface area contributed by atoms with Crippen molar-refractivity contribution in [3.05, 3.63) is 30.3 Å². The summed E-state index contributed by atoms with van der Waals surface area (Å²) in [6.07, 6.45) is 5.03. The van der Waals surface area contributed by atoms with Crippen molar-refractivity contribution in [2.24, 2.45) is 11.3 Å². The molecule has 3 fully saturated rings. The van der Waals surface area contributed by atoms with Crippen LogP contribution in [0.1, 0.15) is 32.1 Å². The summed E-state index contributed by atoms with van der Waals surface area (Å²) in [7, 11) is 0. The molecule has 2 amide bonds. The highest BCUT2D eigenvalue weighted by molar-refractivity contribution is 5.80. The highest BCUT2D eigenvalue weighted by Gasteiger charge is 2.39. The van der Waals surface area contributed by atoms with Crippen LogP contribution in [0.25, 0.3) is 0 Å². The summed E-state index contributed by atoms with van der Waals surface area (Å²) in [6, 6.07) is 9.40. The van der Waals surface area contributed by atoms with E-state index >= 15 is 0 Å². The number of carbonyl (C=O) groups is 2. The minimum absolute atomic E-state index is 0.00315. The molecular weight excluding hydrogens is 354 g/mol. The summed E-state index contributed by atoms with van der Waals surface area (Å²) < 4.78 is 5.56. The van der Waals surface area contributed by atoms with E-state index in [4.69, 9.17) is 4.74 Å². The average molecular weight is 386 g/mol.